The van der Waals surface area contributed by atoms with Gasteiger partial charge in [0.1, 0.15) is 5.75 Å². The average Bonchev–Trinajstić information content (AvgIpc) is 2.82. The zero-order chi connectivity index (χ0) is 17.1. The number of thioether (sulfide) groups is 1. The van der Waals surface area contributed by atoms with E-state index >= 15 is 0 Å². The Kier molecular flexibility index (Phi) is 4.83. The summed E-state index contributed by atoms with van der Waals surface area (Å²) in [5, 5.41) is 9.61. The molecule has 1 N–H and O–H groups in total. The fraction of sp³-hybridized carbons (Fsp3) is 0.0526. The predicted octanol–water partition coefficient (Wildman–Crippen LogP) is 4.74. The van der Waals surface area contributed by atoms with Crippen molar-refractivity contribution in [3.63, 3.8) is 0 Å². The molecule has 1 fully saturated rings. The molecule has 1 saturated heterocycles. The molecule has 0 spiro atoms. The molecule has 0 aromatic heterocycles. The maximum absolute atomic E-state index is 12.7. The number of hydrogen-bond acceptors (Lipinski definition) is 4. The lowest BCUT2D eigenvalue weighted by Gasteiger charge is -2.14. The van der Waals surface area contributed by atoms with Gasteiger partial charge < -0.3 is 5.11 Å². The van der Waals surface area contributed by atoms with Crippen molar-refractivity contribution in [3.05, 3.63) is 76.7 Å². The van der Waals surface area contributed by atoms with Gasteiger partial charge in [-0.1, -0.05) is 66.5 Å². The summed E-state index contributed by atoms with van der Waals surface area (Å²) in [5.74, 6) is -0.0675. The van der Waals surface area contributed by atoms with Crippen LogP contribution in [-0.4, -0.2) is 15.3 Å². The lowest BCUT2D eigenvalue weighted by Crippen LogP contribution is -2.27. The number of rotatable bonds is 3. The molecule has 2 aromatic carbocycles. The van der Waals surface area contributed by atoms with Crippen LogP contribution in [0, 0.1) is 0 Å². The Morgan fingerprint density at radius 3 is 2.62 bits per heavy atom. The van der Waals surface area contributed by atoms with Gasteiger partial charge in [-0.15, -0.1) is 0 Å². The molecule has 3 nitrogen and oxygen atoms in total. The first-order valence-corrected chi connectivity index (χ1v) is 8.57. The molecule has 1 aliphatic heterocycles. The highest BCUT2D eigenvalue weighted by Crippen LogP contribution is 2.36. The number of amides is 1. The number of aromatic hydroxyl groups is 1. The fourth-order valence-corrected chi connectivity index (χ4v) is 3.73. The van der Waals surface area contributed by atoms with Crippen molar-refractivity contribution in [3.8, 4) is 5.75 Å². The first-order chi connectivity index (χ1) is 11.5. The van der Waals surface area contributed by atoms with Crippen LogP contribution in [0.25, 0.3) is 6.08 Å². The van der Waals surface area contributed by atoms with E-state index in [0.717, 1.165) is 11.1 Å². The molecular weight excluding hydrogens is 338 g/mol. The summed E-state index contributed by atoms with van der Waals surface area (Å²) in [5.41, 5.74) is 2.62. The number of carbonyl (C=O) groups is 1. The molecule has 1 aliphatic rings. The second kappa shape index (κ2) is 7.03. The van der Waals surface area contributed by atoms with E-state index < -0.39 is 0 Å². The van der Waals surface area contributed by atoms with Crippen molar-refractivity contribution in [2.24, 2.45) is 0 Å². The van der Waals surface area contributed by atoms with Gasteiger partial charge in [-0.25, -0.2) is 0 Å². The smallest absolute Gasteiger partial charge is 0.270 e. The highest BCUT2D eigenvalue weighted by Gasteiger charge is 2.33. The lowest BCUT2D eigenvalue weighted by molar-refractivity contribution is -0.113. The van der Waals surface area contributed by atoms with E-state index in [1.807, 2.05) is 49.4 Å². The first-order valence-electron chi connectivity index (χ1n) is 7.35. The molecule has 120 valence electrons. The van der Waals surface area contributed by atoms with Gasteiger partial charge in [-0.2, -0.15) is 0 Å². The average molecular weight is 353 g/mol. The van der Waals surface area contributed by atoms with Gasteiger partial charge in [-0.05, 0) is 36.3 Å². The summed E-state index contributed by atoms with van der Waals surface area (Å²) in [6.45, 7) is 1.95. The Labute approximate surface area is 150 Å². The predicted molar refractivity (Wildman–Crippen MR) is 104 cm³/mol. The van der Waals surface area contributed by atoms with Gasteiger partial charge in [0, 0.05) is 6.07 Å². The molecule has 5 heteroatoms. The second-order valence-corrected chi connectivity index (χ2v) is 7.01. The van der Waals surface area contributed by atoms with E-state index in [4.69, 9.17) is 12.2 Å². The maximum Gasteiger partial charge on any atom is 0.270 e. The number of carbonyl (C=O) groups excluding carboxylic acids is 1. The Morgan fingerprint density at radius 1 is 1.17 bits per heavy atom. The third-order valence-electron chi connectivity index (χ3n) is 3.43. The molecule has 0 bridgehead atoms. The third-order valence-corrected chi connectivity index (χ3v) is 4.74. The summed E-state index contributed by atoms with van der Waals surface area (Å²) >= 11 is 6.60. The number of phenolic OH excluding ortho intramolecular Hbond substituents is 1. The quantitative estimate of drug-likeness (QED) is 0.639. The largest absolute Gasteiger partial charge is 0.508 e. The van der Waals surface area contributed by atoms with Crippen molar-refractivity contribution in [2.45, 2.75) is 6.92 Å². The van der Waals surface area contributed by atoms with E-state index in [9.17, 15) is 9.90 Å². The summed E-state index contributed by atoms with van der Waals surface area (Å²) in [6, 6.07) is 16.5. The second-order valence-electron chi connectivity index (χ2n) is 5.34. The number of nitrogens with zero attached hydrogens (tertiary/aromatic N) is 1. The minimum atomic E-state index is -0.170. The van der Waals surface area contributed by atoms with Crippen LogP contribution in [0.2, 0.25) is 0 Å². The Balaban J connectivity index is 1.87. The molecular formula is C19H15NO2S2. The van der Waals surface area contributed by atoms with Gasteiger partial charge in [0.25, 0.3) is 5.91 Å². The maximum atomic E-state index is 12.7. The molecule has 24 heavy (non-hydrogen) atoms. The van der Waals surface area contributed by atoms with Gasteiger partial charge in [0.2, 0.25) is 0 Å². The number of allylic oxidation sites excluding steroid dienone is 2. The SMILES string of the molecule is CC(=Cc1ccccc1)C=C1SC(=S)N(c2cccc(O)c2)C1=O. The number of benzene rings is 2. The van der Waals surface area contributed by atoms with Crippen molar-refractivity contribution in [1.29, 1.82) is 0 Å². The van der Waals surface area contributed by atoms with Crippen LogP contribution >= 0.6 is 24.0 Å². The molecule has 0 saturated carbocycles. The van der Waals surface area contributed by atoms with Gasteiger partial charge in [-0.3, -0.25) is 9.69 Å². The molecule has 0 aliphatic carbocycles. The van der Waals surface area contributed by atoms with Crippen LogP contribution in [0.4, 0.5) is 5.69 Å². The standard InChI is InChI=1S/C19H15NO2S2/c1-13(10-14-6-3-2-4-7-14)11-17-18(22)20(19(23)24-17)15-8-5-9-16(21)12-15/h2-12,21H,1H3. The zero-order valence-corrected chi connectivity index (χ0v) is 14.6. The molecule has 1 amide bonds. The molecule has 1 heterocycles. The number of anilines is 1. The topological polar surface area (TPSA) is 40.5 Å². The van der Waals surface area contributed by atoms with E-state index in [2.05, 4.69) is 0 Å². The van der Waals surface area contributed by atoms with Crippen molar-refractivity contribution in [1.82, 2.24) is 0 Å². The summed E-state index contributed by atoms with van der Waals surface area (Å²) in [4.78, 5) is 14.7. The van der Waals surface area contributed by atoms with E-state index in [0.29, 0.717) is 14.9 Å². The van der Waals surface area contributed by atoms with Gasteiger partial charge in [0.15, 0.2) is 4.32 Å². The number of thiocarbonyl (C=S) groups is 1. The Morgan fingerprint density at radius 2 is 1.92 bits per heavy atom. The first kappa shape index (κ1) is 16.5. The molecule has 3 rings (SSSR count). The Bertz CT molecular complexity index is 857. The molecule has 0 radical (unpaired) electrons. The van der Waals surface area contributed by atoms with Crippen LogP contribution < -0.4 is 4.90 Å². The minimum absolute atomic E-state index is 0.102. The van der Waals surface area contributed by atoms with Crippen molar-refractivity contribution >= 4 is 46.0 Å². The third kappa shape index (κ3) is 3.58. The lowest BCUT2D eigenvalue weighted by atomic mass is 10.1. The van der Waals surface area contributed by atoms with Gasteiger partial charge in [0.05, 0.1) is 10.6 Å². The summed E-state index contributed by atoms with van der Waals surface area (Å²) in [7, 11) is 0. The van der Waals surface area contributed by atoms with Crippen LogP contribution in [0.3, 0.4) is 0 Å². The summed E-state index contributed by atoms with van der Waals surface area (Å²) < 4.78 is 0.462. The fourth-order valence-electron chi connectivity index (χ4n) is 2.38. The van der Waals surface area contributed by atoms with E-state index in [-0.39, 0.29) is 11.7 Å². The normalized spacial score (nSPS) is 17.0. The molecule has 0 atom stereocenters. The van der Waals surface area contributed by atoms with Crippen LogP contribution in [0.1, 0.15) is 12.5 Å². The van der Waals surface area contributed by atoms with E-state index in [1.54, 1.807) is 18.2 Å². The molecule has 0 unspecified atom stereocenters. The summed E-state index contributed by atoms with van der Waals surface area (Å²) in [6.07, 6.45) is 3.86. The number of hydrogen-bond donors (Lipinski definition) is 1. The van der Waals surface area contributed by atoms with Crippen molar-refractivity contribution < 1.29 is 9.90 Å². The van der Waals surface area contributed by atoms with Crippen LogP contribution in [-0.2, 0) is 4.79 Å². The monoisotopic (exact) mass is 353 g/mol. The minimum Gasteiger partial charge on any atom is -0.508 e. The highest BCUT2D eigenvalue weighted by atomic mass is 32.2. The molecule has 2 aromatic rings. The van der Waals surface area contributed by atoms with Crippen LogP contribution in [0.15, 0.2) is 71.2 Å². The van der Waals surface area contributed by atoms with Crippen LogP contribution in [0.5, 0.6) is 5.75 Å². The van der Waals surface area contributed by atoms with Crippen molar-refractivity contribution in [2.75, 3.05) is 4.90 Å². The van der Waals surface area contributed by atoms with E-state index in [1.165, 1.54) is 22.7 Å². The van der Waals surface area contributed by atoms with Gasteiger partial charge >= 0.3 is 0 Å². The number of phenols is 1. The highest BCUT2D eigenvalue weighted by molar-refractivity contribution is 8.27. The zero-order valence-electron chi connectivity index (χ0n) is 13.0. The Hall–Kier alpha value is -2.37.